The minimum absolute atomic E-state index is 0.0000571. The topological polar surface area (TPSA) is 178 Å². The van der Waals surface area contributed by atoms with Crippen LogP contribution in [0.25, 0.3) is 10.4 Å². The molecule has 6 atom stereocenters. The molecule has 1 saturated carbocycles. The maximum atomic E-state index is 13.9. The van der Waals surface area contributed by atoms with E-state index in [1.54, 1.807) is 11.3 Å². The summed E-state index contributed by atoms with van der Waals surface area (Å²) < 4.78 is 22.0. The van der Waals surface area contributed by atoms with Gasteiger partial charge in [-0.25, -0.2) is 9.78 Å². The molecule has 1 aromatic heterocycles. The van der Waals surface area contributed by atoms with Gasteiger partial charge in [-0.15, -0.1) is 23.2 Å². The fourth-order valence-electron chi connectivity index (χ4n) is 7.45. The number of thiazole rings is 1. The van der Waals surface area contributed by atoms with Crippen molar-refractivity contribution in [3.05, 3.63) is 41.0 Å². The lowest BCUT2D eigenvalue weighted by Gasteiger charge is -2.35. The molecule has 0 spiro atoms. The molecule has 3 aliphatic rings. The number of alkyl carbamates (subject to hydrolysis) is 1. The van der Waals surface area contributed by atoms with E-state index in [-0.39, 0.29) is 51.0 Å². The number of benzene rings is 1. The molecule has 1 saturated heterocycles. The number of likely N-dealkylation sites (tertiary alicyclic amines) is 1. The summed E-state index contributed by atoms with van der Waals surface area (Å²) in [6, 6.07) is 6.09. The standard InChI is InChI=1S/C42H59N5O9S/c1-28-37(57-27-45-28)30-13-11-29(12-14-30)24-44-39(50)35-23-31(48)25-47(35)40(51)38(42(2,3)4)46-36(49)15-17-53-19-21-55-22-20-54-18-16-43-41(52)56-26-34-32-9-7-5-6-8-10-33(32)34/h11-14,27,31-35,38,48H,7-10,15-26H2,1-4H3,(H,43,52)(H,44,50)(H,46,49)/t31-,32-,33+,34?,35-,38+/m0/s1. The molecule has 1 unspecified atom stereocenters. The number of amides is 4. The first-order valence-electron chi connectivity index (χ1n) is 20.1. The molecule has 2 heterocycles. The summed E-state index contributed by atoms with van der Waals surface area (Å²) in [5.41, 5.74) is 4.07. The first kappa shape index (κ1) is 44.0. The molecule has 1 aromatic carbocycles. The van der Waals surface area contributed by atoms with Crippen LogP contribution in [0.1, 0.15) is 70.6 Å². The highest BCUT2D eigenvalue weighted by Gasteiger charge is 2.49. The van der Waals surface area contributed by atoms with Gasteiger partial charge in [-0.3, -0.25) is 14.4 Å². The van der Waals surface area contributed by atoms with Crippen molar-refractivity contribution in [1.29, 1.82) is 0 Å². The average molecular weight is 810 g/mol. The van der Waals surface area contributed by atoms with Crippen molar-refractivity contribution in [2.24, 2.45) is 23.2 Å². The van der Waals surface area contributed by atoms with E-state index in [4.69, 9.17) is 18.9 Å². The Morgan fingerprint density at radius 3 is 2.23 bits per heavy atom. The average Bonchev–Trinajstić information content (AvgIpc) is 3.41. The molecule has 0 bridgehead atoms. The molecule has 4 N–H and O–H groups in total. The Kier molecular flexibility index (Phi) is 16.7. The Hall–Kier alpha value is -4.07. The molecule has 312 valence electrons. The van der Waals surface area contributed by atoms with Gasteiger partial charge < -0.3 is 44.9 Å². The number of aliphatic hydroxyl groups excluding tert-OH is 1. The van der Waals surface area contributed by atoms with Gasteiger partial charge in [0.15, 0.2) is 0 Å². The number of aryl methyl sites for hydroxylation is 1. The number of β-amino-alcohol motifs (C(OH)–C–C–N with tert-alkyl or cyclic N) is 1. The van der Waals surface area contributed by atoms with Gasteiger partial charge in [-0.2, -0.15) is 0 Å². The number of carbonyl (C=O) groups excluding carboxylic acids is 4. The van der Waals surface area contributed by atoms with E-state index in [0.717, 1.165) is 47.4 Å². The number of hydrogen-bond donors (Lipinski definition) is 4. The molecular formula is C42H59N5O9S. The Labute approximate surface area is 340 Å². The van der Waals surface area contributed by atoms with E-state index in [1.165, 1.54) is 4.90 Å². The van der Waals surface area contributed by atoms with Crippen LogP contribution >= 0.6 is 11.3 Å². The van der Waals surface area contributed by atoms with Crippen molar-refractivity contribution in [2.75, 3.05) is 59.3 Å². The lowest BCUT2D eigenvalue weighted by Crippen LogP contribution is -2.57. The molecule has 4 amide bonds. The van der Waals surface area contributed by atoms with E-state index < -0.39 is 35.6 Å². The van der Waals surface area contributed by atoms with E-state index in [0.29, 0.717) is 57.3 Å². The molecule has 2 fully saturated rings. The third kappa shape index (κ3) is 13.5. The maximum Gasteiger partial charge on any atom is 0.407 e. The van der Waals surface area contributed by atoms with Crippen molar-refractivity contribution in [3.63, 3.8) is 0 Å². The molecule has 1 aliphatic heterocycles. The van der Waals surface area contributed by atoms with Gasteiger partial charge in [0.05, 0.1) is 68.4 Å². The van der Waals surface area contributed by atoms with Crippen LogP contribution in [0, 0.1) is 41.9 Å². The maximum absolute atomic E-state index is 13.9. The number of aliphatic hydroxyl groups is 1. The summed E-state index contributed by atoms with van der Waals surface area (Å²) >= 11 is 1.57. The van der Waals surface area contributed by atoms with Crippen molar-refractivity contribution in [3.8, 4) is 22.3 Å². The first-order valence-corrected chi connectivity index (χ1v) is 20.9. The zero-order valence-corrected chi connectivity index (χ0v) is 34.5. The lowest BCUT2D eigenvalue weighted by molar-refractivity contribution is -0.144. The number of fused-ring (bicyclic) bond motifs is 1. The second-order valence-electron chi connectivity index (χ2n) is 16.0. The predicted molar refractivity (Wildman–Crippen MR) is 215 cm³/mol. The van der Waals surface area contributed by atoms with Gasteiger partial charge in [0.25, 0.3) is 0 Å². The summed E-state index contributed by atoms with van der Waals surface area (Å²) in [7, 11) is 0. The van der Waals surface area contributed by atoms with Crippen LogP contribution < -0.4 is 16.0 Å². The SMILES string of the molecule is Cc1ncsc1-c1ccc(CNC(=O)[C@@H]2C[C@H](O)CN2C(=O)[C@@H](NC(=O)CCOCCOCCOCCNC(=O)OCC2[C@H]3CCC#CCC[C@@H]23)C(C)(C)C)cc1. The number of ether oxygens (including phenoxy) is 4. The predicted octanol–water partition coefficient (Wildman–Crippen LogP) is 3.83. The van der Waals surface area contributed by atoms with Crippen molar-refractivity contribution >= 4 is 35.2 Å². The van der Waals surface area contributed by atoms with E-state index >= 15 is 0 Å². The molecule has 57 heavy (non-hydrogen) atoms. The summed E-state index contributed by atoms with van der Waals surface area (Å²) in [6.07, 6.45) is 2.93. The molecule has 2 aromatic rings. The number of nitrogens with zero attached hydrogens (tertiary/aromatic N) is 2. The van der Waals surface area contributed by atoms with Crippen molar-refractivity contribution < 1.29 is 43.2 Å². The Morgan fingerprint density at radius 2 is 1.60 bits per heavy atom. The highest BCUT2D eigenvalue weighted by Crippen LogP contribution is 2.52. The van der Waals surface area contributed by atoms with Crippen LogP contribution in [0.3, 0.4) is 0 Å². The fraction of sp³-hybridized carbons (Fsp3) is 0.643. The second-order valence-corrected chi connectivity index (χ2v) is 16.8. The zero-order chi connectivity index (χ0) is 40.8. The molecule has 14 nitrogen and oxygen atoms in total. The Bertz CT molecular complexity index is 1680. The first-order chi connectivity index (χ1) is 27.4. The van der Waals surface area contributed by atoms with Gasteiger partial charge in [-0.05, 0) is 54.1 Å². The largest absolute Gasteiger partial charge is 0.449 e. The number of nitrogens with one attached hydrogen (secondary N) is 3. The normalized spacial score (nSPS) is 21.9. The van der Waals surface area contributed by atoms with Crippen LogP contribution in [-0.4, -0.2) is 116 Å². The van der Waals surface area contributed by atoms with Crippen molar-refractivity contribution in [2.45, 2.75) is 91.0 Å². The minimum atomic E-state index is -0.921. The van der Waals surface area contributed by atoms with E-state index in [9.17, 15) is 24.3 Å². The van der Waals surface area contributed by atoms with Crippen molar-refractivity contribution in [1.82, 2.24) is 25.8 Å². The number of aromatic nitrogens is 1. The summed E-state index contributed by atoms with van der Waals surface area (Å²) in [4.78, 5) is 59.0. The van der Waals surface area contributed by atoms with Crippen LogP contribution in [-0.2, 0) is 39.9 Å². The summed E-state index contributed by atoms with van der Waals surface area (Å²) in [6.45, 7) is 10.3. The van der Waals surface area contributed by atoms with Crippen LogP contribution in [0.5, 0.6) is 0 Å². The van der Waals surface area contributed by atoms with Gasteiger partial charge in [0, 0.05) is 45.3 Å². The fourth-order valence-corrected chi connectivity index (χ4v) is 8.26. The van der Waals surface area contributed by atoms with Crippen LogP contribution in [0.4, 0.5) is 4.79 Å². The van der Waals surface area contributed by atoms with Gasteiger partial charge >= 0.3 is 6.09 Å². The molecule has 0 radical (unpaired) electrons. The minimum Gasteiger partial charge on any atom is -0.449 e. The van der Waals surface area contributed by atoms with Gasteiger partial charge in [-0.1, -0.05) is 45.0 Å². The summed E-state index contributed by atoms with van der Waals surface area (Å²) in [5, 5.41) is 19.0. The lowest BCUT2D eigenvalue weighted by atomic mass is 9.85. The molecular weight excluding hydrogens is 751 g/mol. The van der Waals surface area contributed by atoms with Crippen LogP contribution in [0.2, 0.25) is 0 Å². The number of rotatable bonds is 20. The van der Waals surface area contributed by atoms with Gasteiger partial charge in [0.1, 0.15) is 12.1 Å². The molecule has 15 heteroatoms. The monoisotopic (exact) mass is 809 g/mol. The Balaban J connectivity index is 0.916. The quantitative estimate of drug-likeness (QED) is 0.114. The highest BCUT2D eigenvalue weighted by atomic mass is 32.1. The van der Waals surface area contributed by atoms with Gasteiger partial charge in [0.2, 0.25) is 17.7 Å². The highest BCUT2D eigenvalue weighted by molar-refractivity contribution is 7.13. The smallest absolute Gasteiger partial charge is 0.407 e. The zero-order valence-electron chi connectivity index (χ0n) is 33.7. The third-order valence-corrected chi connectivity index (χ3v) is 11.7. The third-order valence-electron chi connectivity index (χ3n) is 10.7. The van der Waals surface area contributed by atoms with Crippen LogP contribution in [0.15, 0.2) is 29.8 Å². The van der Waals surface area contributed by atoms with E-state index in [2.05, 4.69) is 32.8 Å². The number of carbonyl (C=O) groups is 4. The Morgan fingerprint density at radius 1 is 0.947 bits per heavy atom. The van der Waals surface area contributed by atoms with E-state index in [1.807, 2.05) is 57.5 Å². The second kappa shape index (κ2) is 21.6. The molecule has 5 rings (SSSR count). The number of hydrogen-bond acceptors (Lipinski definition) is 11. The summed E-state index contributed by atoms with van der Waals surface area (Å²) in [5.74, 6) is 6.97. The molecule has 2 aliphatic carbocycles.